The number of nitrogens with zero attached hydrogens (tertiary/aromatic N) is 1. The van der Waals surface area contributed by atoms with E-state index in [1.165, 1.54) is 0 Å². The second kappa shape index (κ2) is 6.35. The van der Waals surface area contributed by atoms with E-state index >= 15 is 0 Å². The van der Waals surface area contributed by atoms with Gasteiger partial charge in [-0.05, 0) is 44.7 Å². The molecule has 1 unspecified atom stereocenters. The molecule has 2 rings (SSSR count). The number of rotatable bonds is 6. The van der Waals surface area contributed by atoms with Crippen LogP contribution in [0.15, 0.2) is 17.5 Å². The second-order valence-electron chi connectivity index (χ2n) is 5.29. The maximum atomic E-state index is 12.5. The van der Waals surface area contributed by atoms with Gasteiger partial charge in [0.1, 0.15) is 0 Å². The van der Waals surface area contributed by atoms with E-state index in [-0.39, 0.29) is 17.8 Å². The minimum atomic E-state index is -3.20. The molecule has 6 heteroatoms. The maximum absolute atomic E-state index is 12.5. The Kier molecular flexibility index (Phi) is 5.00. The van der Waals surface area contributed by atoms with Crippen LogP contribution in [-0.2, 0) is 16.6 Å². The van der Waals surface area contributed by atoms with Gasteiger partial charge in [0, 0.05) is 23.5 Å². The highest BCUT2D eigenvalue weighted by Gasteiger charge is 2.29. The van der Waals surface area contributed by atoms with E-state index in [2.05, 4.69) is 5.32 Å². The van der Waals surface area contributed by atoms with E-state index in [1.807, 2.05) is 31.4 Å². The van der Waals surface area contributed by atoms with Gasteiger partial charge < -0.3 is 5.32 Å². The van der Waals surface area contributed by atoms with Gasteiger partial charge in [-0.25, -0.2) is 8.42 Å². The van der Waals surface area contributed by atoms with Crippen LogP contribution in [0.25, 0.3) is 0 Å². The predicted octanol–water partition coefficient (Wildman–Crippen LogP) is 2.04. The van der Waals surface area contributed by atoms with Crippen LogP contribution >= 0.6 is 11.3 Å². The van der Waals surface area contributed by atoms with E-state index in [9.17, 15) is 8.42 Å². The van der Waals surface area contributed by atoms with Crippen LogP contribution < -0.4 is 5.32 Å². The van der Waals surface area contributed by atoms with E-state index in [0.717, 1.165) is 24.3 Å². The Hall–Kier alpha value is -0.430. The Morgan fingerprint density at radius 3 is 2.84 bits per heavy atom. The number of nitrogens with one attached hydrogen (secondary N) is 1. The zero-order valence-electron chi connectivity index (χ0n) is 11.5. The second-order valence-corrected chi connectivity index (χ2v) is 8.29. The van der Waals surface area contributed by atoms with Crippen LogP contribution in [0.1, 0.15) is 31.6 Å². The fraction of sp³-hybridized carbons (Fsp3) is 0.692. The van der Waals surface area contributed by atoms with E-state index in [1.54, 1.807) is 15.6 Å². The standard InChI is InChI=1S/C13H22N2O2S2/c1-11(2)15(9-13-6-4-8-18-13)19(16,17)10-12-5-3-7-14-12/h4,6,8,11-12,14H,3,5,7,9-10H2,1-2H3. The van der Waals surface area contributed by atoms with Gasteiger partial charge in [-0.3, -0.25) is 0 Å². The highest BCUT2D eigenvalue weighted by Crippen LogP contribution is 2.19. The lowest BCUT2D eigenvalue weighted by molar-refractivity contribution is 0.348. The van der Waals surface area contributed by atoms with Crippen molar-refractivity contribution in [3.8, 4) is 0 Å². The average Bonchev–Trinajstić information content (AvgIpc) is 2.96. The SMILES string of the molecule is CC(C)N(Cc1cccs1)S(=O)(=O)CC1CCCN1. The lowest BCUT2D eigenvalue weighted by Crippen LogP contribution is -2.42. The number of hydrogen-bond donors (Lipinski definition) is 1. The van der Waals surface area contributed by atoms with Gasteiger partial charge in [0.25, 0.3) is 0 Å². The summed E-state index contributed by atoms with van der Waals surface area (Å²) in [7, 11) is -3.20. The molecule has 19 heavy (non-hydrogen) atoms. The molecule has 1 aromatic heterocycles. The summed E-state index contributed by atoms with van der Waals surface area (Å²) in [6, 6.07) is 4.07. The van der Waals surface area contributed by atoms with Gasteiger partial charge in [0.05, 0.1) is 5.75 Å². The molecule has 108 valence electrons. The van der Waals surface area contributed by atoms with Crippen LogP contribution in [0.3, 0.4) is 0 Å². The van der Waals surface area contributed by atoms with Crippen molar-refractivity contribution in [3.05, 3.63) is 22.4 Å². The summed E-state index contributed by atoms with van der Waals surface area (Å²) in [6.45, 7) is 5.30. The third-order valence-corrected chi connectivity index (χ3v) is 6.35. The van der Waals surface area contributed by atoms with Gasteiger partial charge in [0.2, 0.25) is 10.0 Å². The molecule has 0 amide bonds. The Bertz CT molecular complexity index is 477. The largest absolute Gasteiger partial charge is 0.313 e. The zero-order chi connectivity index (χ0) is 13.9. The predicted molar refractivity (Wildman–Crippen MR) is 79.8 cm³/mol. The number of thiophene rings is 1. The van der Waals surface area contributed by atoms with Gasteiger partial charge >= 0.3 is 0 Å². The average molecular weight is 302 g/mol. The minimum Gasteiger partial charge on any atom is -0.313 e. The molecule has 0 saturated carbocycles. The highest BCUT2D eigenvalue weighted by molar-refractivity contribution is 7.89. The van der Waals surface area contributed by atoms with Gasteiger partial charge in [-0.15, -0.1) is 11.3 Å². The first-order chi connectivity index (χ1) is 8.99. The first kappa shape index (κ1) is 15.0. The van der Waals surface area contributed by atoms with Crippen molar-refractivity contribution in [2.24, 2.45) is 0 Å². The maximum Gasteiger partial charge on any atom is 0.216 e. The fourth-order valence-corrected chi connectivity index (χ4v) is 5.15. The zero-order valence-corrected chi connectivity index (χ0v) is 13.1. The number of sulfonamides is 1. The highest BCUT2D eigenvalue weighted by atomic mass is 32.2. The molecule has 1 saturated heterocycles. The van der Waals surface area contributed by atoms with Crippen molar-refractivity contribution >= 4 is 21.4 Å². The smallest absolute Gasteiger partial charge is 0.216 e. The van der Waals surface area contributed by atoms with Crippen molar-refractivity contribution < 1.29 is 8.42 Å². The summed E-state index contributed by atoms with van der Waals surface area (Å²) in [5, 5.41) is 5.25. The molecule has 1 fully saturated rings. The van der Waals surface area contributed by atoms with Gasteiger partial charge in [0.15, 0.2) is 0 Å². The summed E-state index contributed by atoms with van der Waals surface area (Å²) in [5.41, 5.74) is 0. The minimum absolute atomic E-state index is 0.00602. The van der Waals surface area contributed by atoms with Crippen LogP contribution in [-0.4, -0.2) is 37.1 Å². The third-order valence-electron chi connectivity index (χ3n) is 3.40. The molecule has 1 aliphatic heterocycles. The Morgan fingerprint density at radius 2 is 2.32 bits per heavy atom. The lowest BCUT2D eigenvalue weighted by atomic mass is 10.3. The van der Waals surface area contributed by atoms with Crippen molar-refractivity contribution in [3.63, 3.8) is 0 Å². The van der Waals surface area contributed by atoms with Crippen molar-refractivity contribution in [2.75, 3.05) is 12.3 Å². The van der Waals surface area contributed by atoms with E-state index in [4.69, 9.17) is 0 Å². The molecule has 4 nitrogen and oxygen atoms in total. The molecular weight excluding hydrogens is 280 g/mol. The molecule has 0 bridgehead atoms. The summed E-state index contributed by atoms with van der Waals surface area (Å²) in [5.74, 6) is 0.219. The molecule has 2 heterocycles. The molecule has 1 aromatic rings. The van der Waals surface area contributed by atoms with Crippen molar-refractivity contribution in [1.82, 2.24) is 9.62 Å². The topological polar surface area (TPSA) is 49.4 Å². The van der Waals surface area contributed by atoms with Crippen molar-refractivity contribution in [2.45, 2.75) is 45.3 Å². The van der Waals surface area contributed by atoms with Crippen molar-refractivity contribution in [1.29, 1.82) is 0 Å². The van der Waals surface area contributed by atoms with Gasteiger partial charge in [-0.2, -0.15) is 4.31 Å². The van der Waals surface area contributed by atoms with E-state index in [0.29, 0.717) is 6.54 Å². The summed E-state index contributed by atoms with van der Waals surface area (Å²) >= 11 is 1.61. The van der Waals surface area contributed by atoms with Gasteiger partial charge in [-0.1, -0.05) is 6.07 Å². The fourth-order valence-electron chi connectivity index (χ4n) is 2.41. The molecule has 0 aromatic carbocycles. The summed E-state index contributed by atoms with van der Waals surface area (Å²) in [6.07, 6.45) is 2.04. The Morgan fingerprint density at radius 1 is 1.53 bits per heavy atom. The lowest BCUT2D eigenvalue weighted by Gasteiger charge is -2.26. The normalized spacial score (nSPS) is 20.5. The Labute approximate surface area is 119 Å². The van der Waals surface area contributed by atoms with E-state index < -0.39 is 10.0 Å². The summed E-state index contributed by atoms with van der Waals surface area (Å²) in [4.78, 5) is 1.09. The monoisotopic (exact) mass is 302 g/mol. The molecule has 1 aliphatic rings. The third kappa shape index (κ3) is 4.02. The first-order valence-electron chi connectivity index (χ1n) is 6.74. The van der Waals surface area contributed by atoms with Crippen LogP contribution in [0, 0.1) is 0 Å². The molecule has 0 aliphatic carbocycles. The molecule has 0 spiro atoms. The quantitative estimate of drug-likeness (QED) is 0.875. The van der Waals surface area contributed by atoms with Crippen LogP contribution in [0.2, 0.25) is 0 Å². The summed E-state index contributed by atoms with van der Waals surface area (Å²) < 4.78 is 26.7. The van der Waals surface area contributed by atoms with Crippen LogP contribution in [0.4, 0.5) is 0 Å². The molecule has 1 atom stereocenters. The molecular formula is C13H22N2O2S2. The number of hydrogen-bond acceptors (Lipinski definition) is 4. The molecule has 1 N–H and O–H groups in total. The Balaban J connectivity index is 2.08. The molecule has 0 radical (unpaired) electrons. The van der Waals surface area contributed by atoms with Crippen LogP contribution in [0.5, 0.6) is 0 Å². The first-order valence-corrected chi connectivity index (χ1v) is 9.23.